The van der Waals surface area contributed by atoms with Gasteiger partial charge in [0.05, 0.1) is 0 Å². The minimum atomic E-state index is -0.316. The first-order valence-electron chi connectivity index (χ1n) is 3.94. The summed E-state index contributed by atoms with van der Waals surface area (Å²) in [5.41, 5.74) is 0. The number of rotatable bonds is 7. The molecule has 0 radical (unpaired) electrons. The highest BCUT2D eigenvalue weighted by atomic mass is 35.5. The Hall–Kier alpha value is 0.976. The van der Waals surface area contributed by atoms with Crippen LogP contribution in [-0.4, -0.2) is 39.8 Å². The number of hydrogen-bond acceptors (Lipinski definition) is 2. The molecule has 1 unspecified atom stereocenters. The first-order valence-corrected chi connectivity index (χ1v) is 6.89. The van der Waals surface area contributed by atoms with Crippen molar-refractivity contribution in [3.63, 3.8) is 0 Å². The van der Waals surface area contributed by atoms with E-state index in [1.165, 1.54) is 6.42 Å². The standard InChI is InChI=1S/C7H15O2.ClH.Mg/c1-3-4-5-6-9-7-8-2;;/h3H,4-7H2,1-2H3;1H;/q;;+1/p-1. The molecule has 0 spiro atoms. The summed E-state index contributed by atoms with van der Waals surface area (Å²) >= 11 is -0.316. The molecule has 0 heterocycles. The maximum atomic E-state index is 5.77. The van der Waals surface area contributed by atoms with Gasteiger partial charge in [0.2, 0.25) is 0 Å². The van der Waals surface area contributed by atoms with Gasteiger partial charge in [-0.15, -0.1) is 4.05 Å². The predicted octanol–water partition coefficient (Wildman–Crippen LogP) is 2.05. The maximum Gasteiger partial charge on any atom is 0.504 e. The minimum Gasteiger partial charge on any atom is -0.359 e. The van der Waals surface area contributed by atoms with Crippen molar-refractivity contribution in [1.82, 2.24) is 0 Å². The van der Waals surface area contributed by atoms with E-state index in [0.717, 1.165) is 17.1 Å². The van der Waals surface area contributed by atoms with Crippen LogP contribution in [0.1, 0.15) is 19.8 Å². The molecule has 0 fully saturated rings. The van der Waals surface area contributed by atoms with Gasteiger partial charge in [-0.2, -0.15) is 0 Å². The van der Waals surface area contributed by atoms with Crippen molar-refractivity contribution in [3.8, 4) is 0 Å². The monoisotopic (exact) mass is 190 g/mol. The Labute approximate surface area is 82.1 Å². The molecule has 0 aliphatic carbocycles. The average molecular weight is 191 g/mol. The highest BCUT2D eigenvalue weighted by Crippen LogP contribution is 2.11. The molecule has 0 rings (SSSR count). The zero-order valence-corrected chi connectivity index (χ0v) is 9.48. The molecule has 0 aliphatic rings. The second-order valence-corrected chi connectivity index (χ2v) is 5.34. The lowest BCUT2D eigenvalue weighted by molar-refractivity contribution is -0.0314. The van der Waals surface area contributed by atoms with E-state index in [1.807, 2.05) is 0 Å². The van der Waals surface area contributed by atoms with Gasteiger partial charge in [0.25, 0.3) is 0 Å². The second kappa shape index (κ2) is 9.07. The summed E-state index contributed by atoms with van der Waals surface area (Å²) in [6.45, 7) is 3.41. The van der Waals surface area contributed by atoms with Crippen LogP contribution >= 0.6 is 9.07 Å². The molecular weight excluding hydrogens is 176 g/mol. The molecule has 0 aliphatic heterocycles. The quantitative estimate of drug-likeness (QED) is 0.348. The van der Waals surface area contributed by atoms with Gasteiger partial charge in [0, 0.05) is 13.7 Å². The van der Waals surface area contributed by atoms with Crippen molar-refractivity contribution < 1.29 is 9.47 Å². The lowest BCUT2D eigenvalue weighted by atomic mass is 10.2. The van der Waals surface area contributed by atoms with Crippen LogP contribution in [0.4, 0.5) is 0 Å². The van der Waals surface area contributed by atoms with E-state index in [4.69, 9.17) is 18.5 Å². The number of methoxy groups -OCH3 is 1. The molecule has 0 bridgehead atoms. The van der Waals surface area contributed by atoms with E-state index in [9.17, 15) is 0 Å². The van der Waals surface area contributed by atoms with Gasteiger partial charge in [0.1, 0.15) is 6.79 Å². The van der Waals surface area contributed by atoms with Crippen LogP contribution in [0.2, 0.25) is 4.05 Å². The highest BCUT2D eigenvalue weighted by molar-refractivity contribution is 6.94. The Morgan fingerprint density at radius 3 is 2.82 bits per heavy atom. The van der Waals surface area contributed by atoms with Crippen molar-refractivity contribution in [1.29, 1.82) is 0 Å². The van der Waals surface area contributed by atoms with E-state index in [-0.39, 0.29) is 19.3 Å². The van der Waals surface area contributed by atoms with Crippen molar-refractivity contribution >= 4 is 28.3 Å². The molecule has 0 aromatic rings. The van der Waals surface area contributed by atoms with Crippen LogP contribution in [0.3, 0.4) is 0 Å². The van der Waals surface area contributed by atoms with E-state index < -0.39 is 0 Å². The van der Waals surface area contributed by atoms with Gasteiger partial charge in [-0.25, -0.2) is 0 Å². The molecular formula is C7H15ClMgO2. The summed E-state index contributed by atoms with van der Waals surface area (Å²) in [6, 6.07) is 0. The first kappa shape index (κ1) is 12.0. The van der Waals surface area contributed by atoms with Gasteiger partial charge in [-0.3, -0.25) is 0 Å². The van der Waals surface area contributed by atoms with Crippen LogP contribution in [-0.2, 0) is 9.47 Å². The van der Waals surface area contributed by atoms with Crippen LogP contribution in [0.15, 0.2) is 0 Å². The molecule has 4 heteroatoms. The van der Waals surface area contributed by atoms with Crippen LogP contribution < -0.4 is 0 Å². The summed E-state index contributed by atoms with van der Waals surface area (Å²) in [4.78, 5) is 0. The van der Waals surface area contributed by atoms with Gasteiger partial charge in [-0.05, 0) is 6.42 Å². The van der Waals surface area contributed by atoms with Gasteiger partial charge in [-0.1, -0.05) is 13.3 Å². The summed E-state index contributed by atoms with van der Waals surface area (Å²) in [6.07, 6.45) is 2.30. The third-order valence-corrected chi connectivity index (χ3v) is 3.97. The first-order chi connectivity index (χ1) is 5.31. The Bertz CT molecular complexity index is 82.8. The fourth-order valence-electron chi connectivity index (χ4n) is 0.753. The number of hydrogen-bond donors (Lipinski definition) is 0. The maximum absolute atomic E-state index is 5.77. The topological polar surface area (TPSA) is 18.5 Å². The molecule has 0 N–H and O–H groups in total. The zero-order valence-electron chi connectivity index (χ0n) is 7.31. The molecule has 1 atom stereocenters. The Kier molecular flexibility index (Phi) is 9.87. The molecule has 11 heavy (non-hydrogen) atoms. The van der Waals surface area contributed by atoms with Crippen molar-refractivity contribution in [2.45, 2.75) is 23.8 Å². The van der Waals surface area contributed by atoms with Crippen molar-refractivity contribution in [2.75, 3.05) is 20.5 Å². The SMILES string of the molecule is COCOCCC[CH](C)[Mg][Cl]. The molecule has 64 valence electrons. The van der Waals surface area contributed by atoms with Crippen molar-refractivity contribution in [2.24, 2.45) is 0 Å². The largest absolute Gasteiger partial charge is 0.504 e. The third-order valence-electron chi connectivity index (χ3n) is 1.45. The minimum absolute atomic E-state index is 0.316. The number of ether oxygens (including phenoxy) is 2. The molecule has 0 saturated heterocycles. The molecule has 0 aromatic carbocycles. The summed E-state index contributed by atoms with van der Waals surface area (Å²) in [5.74, 6) is 0. The summed E-state index contributed by atoms with van der Waals surface area (Å²) in [7, 11) is 7.40. The fraction of sp³-hybridized carbons (Fsp3) is 1.00. The lowest BCUT2D eigenvalue weighted by Crippen LogP contribution is -2.00. The Balaban J connectivity index is 2.89. The Morgan fingerprint density at radius 2 is 2.27 bits per heavy atom. The average Bonchev–Trinajstić information content (AvgIpc) is 2.04. The van der Waals surface area contributed by atoms with E-state index >= 15 is 0 Å². The smallest absolute Gasteiger partial charge is 0.359 e. The van der Waals surface area contributed by atoms with E-state index in [2.05, 4.69) is 6.92 Å². The third kappa shape index (κ3) is 8.89. The van der Waals surface area contributed by atoms with Gasteiger partial charge in [0.15, 0.2) is 0 Å². The Morgan fingerprint density at radius 1 is 1.55 bits per heavy atom. The van der Waals surface area contributed by atoms with Crippen LogP contribution in [0.5, 0.6) is 0 Å². The zero-order chi connectivity index (χ0) is 8.53. The van der Waals surface area contributed by atoms with E-state index in [0.29, 0.717) is 6.79 Å². The van der Waals surface area contributed by atoms with Crippen LogP contribution in [0.25, 0.3) is 0 Å². The molecule has 0 amide bonds. The van der Waals surface area contributed by atoms with Crippen molar-refractivity contribution in [3.05, 3.63) is 0 Å². The summed E-state index contributed by atoms with van der Waals surface area (Å²) in [5, 5.41) is 0. The second-order valence-electron chi connectivity index (χ2n) is 2.72. The predicted molar refractivity (Wildman–Crippen MR) is 48.1 cm³/mol. The molecule has 0 aromatic heterocycles. The fourth-order valence-corrected chi connectivity index (χ4v) is 1.66. The normalized spacial score (nSPS) is 12.6. The van der Waals surface area contributed by atoms with E-state index in [1.54, 1.807) is 7.11 Å². The summed E-state index contributed by atoms with van der Waals surface area (Å²) < 4.78 is 10.6. The molecule has 2 nitrogen and oxygen atoms in total. The lowest BCUT2D eigenvalue weighted by Gasteiger charge is -2.06. The van der Waals surface area contributed by atoms with Gasteiger partial charge < -0.3 is 18.5 Å². The number of halogens is 1. The molecule has 0 saturated carbocycles. The van der Waals surface area contributed by atoms with Gasteiger partial charge >= 0.3 is 19.3 Å². The highest BCUT2D eigenvalue weighted by Gasteiger charge is 2.03. The van der Waals surface area contributed by atoms with Crippen LogP contribution in [0, 0.1) is 0 Å².